The first kappa shape index (κ1) is 14.2. The molecule has 0 aromatic heterocycles. The molecule has 1 aromatic carbocycles. The molecule has 0 bridgehead atoms. The highest BCUT2D eigenvalue weighted by Crippen LogP contribution is 2.45. The topological polar surface area (TPSA) is 26.0 Å². The standard InChI is InChI=1S/C13H14F5N/c14-9-6-11(16)10(15)5-8(9)12(7-19)1-3-13(17,18)4-2-12/h5-6H,1-4,7,19H2. The zero-order chi connectivity index (χ0) is 14.3. The first-order chi connectivity index (χ1) is 8.80. The number of rotatable bonds is 2. The van der Waals surface area contributed by atoms with Crippen LogP contribution in [0.4, 0.5) is 22.0 Å². The van der Waals surface area contributed by atoms with Crippen molar-refractivity contribution in [1.29, 1.82) is 0 Å². The van der Waals surface area contributed by atoms with E-state index in [4.69, 9.17) is 5.73 Å². The molecule has 0 atom stereocenters. The van der Waals surface area contributed by atoms with Gasteiger partial charge in [-0.25, -0.2) is 22.0 Å². The highest BCUT2D eigenvalue weighted by molar-refractivity contribution is 5.30. The van der Waals surface area contributed by atoms with Gasteiger partial charge >= 0.3 is 0 Å². The van der Waals surface area contributed by atoms with Crippen molar-refractivity contribution in [1.82, 2.24) is 0 Å². The van der Waals surface area contributed by atoms with Crippen molar-refractivity contribution in [2.45, 2.75) is 37.0 Å². The van der Waals surface area contributed by atoms with Gasteiger partial charge in [-0.2, -0.15) is 0 Å². The molecular formula is C13H14F5N. The lowest BCUT2D eigenvalue weighted by molar-refractivity contribution is -0.0513. The molecule has 2 rings (SSSR count). The maximum atomic E-state index is 13.8. The number of nitrogens with two attached hydrogens (primary N) is 1. The van der Waals surface area contributed by atoms with Crippen molar-refractivity contribution in [3.8, 4) is 0 Å². The molecular weight excluding hydrogens is 265 g/mol. The summed E-state index contributed by atoms with van der Waals surface area (Å²) in [5.41, 5.74) is 4.44. The maximum Gasteiger partial charge on any atom is 0.248 e. The Labute approximate surface area is 107 Å². The smallest absolute Gasteiger partial charge is 0.248 e. The second-order valence-electron chi connectivity index (χ2n) is 5.09. The molecule has 1 aromatic rings. The Balaban J connectivity index is 2.40. The lowest BCUT2D eigenvalue weighted by atomic mass is 9.68. The summed E-state index contributed by atoms with van der Waals surface area (Å²) in [5.74, 6) is -6.22. The third-order valence-electron chi connectivity index (χ3n) is 3.91. The van der Waals surface area contributed by atoms with Gasteiger partial charge in [-0.1, -0.05) is 0 Å². The van der Waals surface area contributed by atoms with Crippen LogP contribution in [0.25, 0.3) is 0 Å². The Hall–Kier alpha value is -1.17. The van der Waals surface area contributed by atoms with Gasteiger partial charge in [0.15, 0.2) is 11.6 Å². The molecule has 0 unspecified atom stereocenters. The largest absolute Gasteiger partial charge is 0.330 e. The summed E-state index contributed by atoms with van der Waals surface area (Å²) in [6.07, 6.45) is -0.942. The van der Waals surface area contributed by atoms with Gasteiger partial charge in [0.05, 0.1) is 0 Å². The predicted molar refractivity (Wildman–Crippen MR) is 60.5 cm³/mol. The van der Waals surface area contributed by atoms with Crippen LogP contribution < -0.4 is 5.73 Å². The first-order valence-electron chi connectivity index (χ1n) is 6.03. The van der Waals surface area contributed by atoms with Gasteiger partial charge in [0, 0.05) is 30.9 Å². The van der Waals surface area contributed by atoms with E-state index in [0.717, 1.165) is 6.07 Å². The van der Waals surface area contributed by atoms with Gasteiger partial charge in [0.1, 0.15) is 5.82 Å². The van der Waals surface area contributed by atoms with Crippen LogP contribution in [0, 0.1) is 17.5 Å². The molecule has 1 aliphatic rings. The van der Waals surface area contributed by atoms with Crippen molar-refractivity contribution in [3.05, 3.63) is 35.1 Å². The number of alkyl halides is 2. The maximum absolute atomic E-state index is 13.8. The van der Waals surface area contributed by atoms with E-state index in [9.17, 15) is 22.0 Å². The average Bonchev–Trinajstić information content (AvgIpc) is 2.35. The van der Waals surface area contributed by atoms with Crippen LogP contribution in [0.2, 0.25) is 0 Å². The number of benzene rings is 1. The summed E-state index contributed by atoms with van der Waals surface area (Å²) in [6.45, 7) is -0.0783. The van der Waals surface area contributed by atoms with Crippen LogP contribution in [-0.2, 0) is 5.41 Å². The Bertz CT molecular complexity index is 476. The summed E-state index contributed by atoms with van der Waals surface area (Å²) >= 11 is 0. The van der Waals surface area contributed by atoms with Crippen molar-refractivity contribution in [2.75, 3.05) is 6.54 Å². The molecule has 0 spiro atoms. The van der Waals surface area contributed by atoms with Gasteiger partial charge in [-0.05, 0) is 24.5 Å². The summed E-state index contributed by atoms with van der Waals surface area (Å²) in [7, 11) is 0. The van der Waals surface area contributed by atoms with Gasteiger partial charge in [0.25, 0.3) is 0 Å². The Morgan fingerprint density at radius 2 is 1.42 bits per heavy atom. The van der Waals surface area contributed by atoms with E-state index in [0.29, 0.717) is 6.07 Å². The number of hydrogen-bond acceptors (Lipinski definition) is 1. The van der Waals surface area contributed by atoms with Crippen molar-refractivity contribution < 1.29 is 22.0 Å². The summed E-state index contributed by atoms with van der Waals surface area (Å²) in [5, 5.41) is 0. The van der Waals surface area contributed by atoms with Crippen molar-refractivity contribution >= 4 is 0 Å². The minimum atomic E-state index is -2.80. The molecule has 0 aliphatic heterocycles. The summed E-state index contributed by atoms with van der Waals surface area (Å²) in [4.78, 5) is 0. The molecule has 6 heteroatoms. The fraction of sp³-hybridized carbons (Fsp3) is 0.538. The normalized spacial score (nSPS) is 21.4. The molecule has 0 radical (unpaired) electrons. The molecule has 106 valence electrons. The third-order valence-corrected chi connectivity index (χ3v) is 3.91. The van der Waals surface area contributed by atoms with Gasteiger partial charge in [-0.3, -0.25) is 0 Å². The second-order valence-corrected chi connectivity index (χ2v) is 5.09. The SMILES string of the molecule is NCC1(c2cc(F)c(F)cc2F)CCC(F)(F)CC1. The molecule has 1 nitrogen and oxygen atoms in total. The zero-order valence-electron chi connectivity index (χ0n) is 10.2. The molecule has 0 heterocycles. The molecule has 1 fully saturated rings. The van der Waals surface area contributed by atoms with E-state index in [1.165, 1.54) is 0 Å². The summed E-state index contributed by atoms with van der Waals surface area (Å²) in [6, 6.07) is 1.18. The van der Waals surface area contributed by atoms with Gasteiger partial charge < -0.3 is 5.73 Å². The molecule has 0 saturated heterocycles. The first-order valence-corrected chi connectivity index (χ1v) is 6.03. The van der Waals surface area contributed by atoms with Gasteiger partial charge in [-0.15, -0.1) is 0 Å². The number of halogens is 5. The molecule has 1 saturated carbocycles. The van der Waals surface area contributed by atoms with Crippen molar-refractivity contribution in [2.24, 2.45) is 5.73 Å². The van der Waals surface area contributed by atoms with Crippen LogP contribution in [0.5, 0.6) is 0 Å². The Morgan fingerprint density at radius 1 is 0.895 bits per heavy atom. The lowest BCUT2D eigenvalue weighted by Gasteiger charge is -2.39. The van der Waals surface area contributed by atoms with E-state index < -0.39 is 41.6 Å². The fourth-order valence-electron chi connectivity index (χ4n) is 2.61. The third kappa shape index (κ3) is 2.59. The molecule has 0 amide bonds. The van der Waals surface area contributed by atoms with E-state index >= 15 is 0 Å². The monoisotopic (exact) mass is 279 g/mol. The van der Waals surface area contributed by atoms with Crippen molar-refractivity contribution in [3.63, 3.8) is 0 Å². The predicted octanol–water partition coefficient (Wildman–Crippen LogP) is 3.51. The second kappa shape index (κ2) is 4.74. The highest BCUT2D eigenvalue weighted by Gasteiger charge is 2.44. The minimum absolute atomic E-state index is 0.0432. The van der Waals surface area contributed by atoms with E-state index in [-0.39, 0.29) is 24.9 Å². The average molecular weight is 279 g/mol. The Morgan fingerprint density at radius 3 is 1.95 bits per heavy atom. The molecule has 2 N–H and O–H groups in total. The van der Waals surface area contributed by atoms with Crippen LogP contribution in [0.3, 0.4) is 0 Å². The zero-order valence-corrected chi connectivity index (χ0v) is 10.2. The van der Waals surface area contributed by atoms with Crippen LogP contribution in [0.15, 0.2) is 12.1 Å². The Kier molecular flexibility index (Phi) is 3.55. The highest BCUT2D eigenvalue weighted by atomic mass is 19.3. The van der Waals surface area contributed by atoms with Gasteiger partial charge in [0.2, 0.25) is 5.92 Å². The van der Waals surface area contributed by atoms with Crippen LogP contribution >= 0.6 is 0 Å². The molecule has 1 aliphatic carbocycles. The van der Waals surface area contributed by atoms with E-state index in [1.54, 1.807) is 0 Å². The molecule has 19 heavy (non-hydrogen) atoms. The summed E-state index contributed by atoms with van der Waals surface area (Å²) < 4.78 is 66.3. The fourth-order valence-corrected chi connectivity index (χ4v) is 2.61. The lowest BCUT2D eigenvalue weighted by Crippen LogP contribution is -2.42. The van der Waals surface area contributed by atoms with E-state index in [1.807, 2.05) is 0 Å². The quantitative estimate of drug-likeness (QED) is 0.650. The number of hydrogen-bond donors (Lipinski definition) is 1. The minimum Gasteiger partial charge on any atom is -0.330 e. The van der Waals surface area contributed by atoms with Crippen LogP contribution in [0.1, 0.15) is 31.2 Å². The van der Waals surface area contributed by atoms with E-state index in [2.05, 4.69) is 0 Å². The van der Waals surface area contributed by atoms with Crippen LogP contribution in [-0.4, -0.2) is 12.5 Å².